The first-order valence-electron chi connectivity index (χ1n) is 5.68. The van der Waals surface area contributed by atoms with Crippen LogP contribution in [0, 0.1) is 0 Å². The predicted molar refractivity (Wildman–Crippen MR) is 58.9 cm³/mol. The lowest BCUT2D eigenvalue weighted by atomic mass is 9.95. The first-order valence-corrected chi connectivity index (χ1v) is 5.68. The van der Waals surface area contributed by atoms with E-state index in [9.17, 15) is 0 Å². The van der Waals surface area contributed by atoms with Crippen LogP contribution in [0.15, 0.2) is 6.33 Å². The van der Waals surface area contributed by atoms with Gasteiger partial charge in [0.05, 0.1) is 0 Å². The van der Waals surface area contributed by atoms with Crippen LogP contribution in [-0.2, 0) is 12.8 Å². The summed E-state index contributed by atoms with van der Waals surface area (Å²) in [7, 11) is 0. The van der Waals surface area contributed by atoms with Gasteiger partial charge in [0.1, 0.15) is 12.1 Å². The molecule has 4 nitrogen and oxygen atoms in total. The Labute approximate surface area is 89.5 Å². The summed E-state index contributed by atoms with van der Waals surface area (Å²) >= 11 is 0. The molecule has 2 N–H and O–H groups in total. The molecule has 0 radical (unpaired) electrons. The molecule has 1 saturated heterocycles. The van der Waals surface area contributed by atoms with Crippen LogP contribution in [0.3, 0.4) is 0 Å². The molecule has 3 rings (SSSR count). The Hall–Kier alpha value is -1.16. The van der Waals surface area contributed by atoms with E-state index in [1.807, 2.05) is 0 Å². The van der Waals surface area contributed by atoms with E-state index in [1.54, 1.807) is 6.33 Å². The number of hydrogen-bond donors (Lipinski definition) is 1. The summed E-state index contributed by atoms with van der Waals surface area (Å²) in [6, 6.07) is 0.333. The van der Waals surface area contributed by atoms with Gasteiger partial charge in [-0.25, -0.2) is 9.97 Å². The quantitative estimate of drug-likeness (QED) is 0.724. The third-order valence-electron chi connectivity index (χ3n) is 3.31. The molecular weight excluding hydrogens is 188 g/mol. The monoisotopic (exact) mass is 204 g/mol. The highest BCUT2D eigenvalue weighted by molar-refractivity contribution is 5.51. The molecule has 0 unspecified atom stereocenters. The molecule has 0 spiro atoms. The average Bonchev–Trinajstić information content (AvgIpc) is 2.24. The van der Waals surface area contributed by atoms with Gasteiger partial charge in [-0.05, 0) is 25.7 Å². The van der Waals surface area contributed by atoms with Crippen LogP contribution in [0.1, 0.15) is 24.1 Å². The molecule has 1 fully saturated rings. The predicted octanol–water partition coefficient (Wildman–Crippen LogP) is 0.503. The minimum Gasteiger partial charge on any atom is -0.353 e. The Morgan fingerprint density at radius 3 is 2.80 bits per heavy atom. The van der Waals surface area contributed by atoms with Gasteiger partial charge in [-0.1, -0.05) is 0 Å². The number of aryl methyl sites for hydroxylation is 1. The second-order valence-corrected chi connectivity index (χ2v) is 4.49. The van der Waals surface area contributed by atoms with E-state index in [4.69, 9.17) is 5.73 Å². The van der Waals surface area contributed by atoms with E-state index in [0.717, 1.165) is 31.7 Å². The summed E-state index contributed by atoms with van der Waals surface area (Å²) in [5.41, 5.74) is 8.42. The molecule has 0 atom stereocenters. The van der Waals surface area contributed by atoms with Crippen LogP contribution in [0.5, 0.6) is 0 Å². The number of rotatable bonds is 1. The molecule has 2 heterocycles. The van der Waals surface area contributed by atoms with Crippen LogP contribution in [-0.4, -0.2) is 29.1 Å². The van der Waals surface area contributed by atoms with Crippen LogP contribution >= 0.6 is 0 Å². The molecule has 0 bridgehead atoms. The molecule has 1 aromatic rings. The summed E-state index contributed by atoms with van der Waals surface area (Å²) < 4.78 is 0. The highest BCUT2D eigenvalue weighted by Crippen LogP contribution is 2.28. The molecule has 0 aromatic carbocycles. The number of fused-ring (bicyclic) bond motifs is 1. The molecule has 2 aliphatic rings. The van der Waals surface area contributed by atoms with Crippen LogP contribution in [0.4, 0.5) is 5.82 Å². The average molecular weight is 204 g/mol. The Morgan fingerprint density at radius 2 is 2.00 bits per heavy atom. The van der Waals surface area contributed by atoms with Gasteiger partial charge < -0.3 is 10.6 Å². The fourth-order valence-electron chi connectivity index (χ4n) is 2.46. The smallest absolute Gasteiger partial charge is 0.135 e. The molecule has 1 aliphatic carbocycles. The molecule has 0 saturated carbocycles. The van der Waals surface area contributed by atoms with Crippen LogP contribution in [0.25, 0.3) is 0 Å². The SMILES string of the molecule is NC1CN(c2ncnc3c2CCCC3)C1. The van der Waals surface area contributed by atoms with Crippen molar-refractivity contribution in [3.05, 3.63) is 17.6 Å². The van der Waals surface area contributed by atoms with E-state index in [-0.39, 0.29) is 0 Å². The Balaban J connectivity index is 1.93. The minimum atomic E-state index is 0.333. The summed E-state index contributed by atoms with van der Waals surface area (Å²) in [5, 5.41) is 0. The highest BCUT2D eigenvalue weighted by atomic mass is 15.3. The van der Waals surface area contributed by atoms with Gasteiger partial charge in [0, 0.05) is 30.4 Å². The van der Waals surface area contributed by atoms with E-state index >= 15 is 0 Å². The second-order valence-electron chi connectivity index (χ2n) is 4.49. The largest absolute Gasteiger partial charge is 0.353 e. The highest BCUT2D eigenvalue weighted by Gasteiger charge is 2.28. The number of nitrogens with zero attached hydrogens (tertiary/aromatic N) is 3. The molecule has 80 valence electrons. The van der Waals surface area contributed by atoms with Gasteiger partial charge in [-0.3, -0.25) is 0 Å². The molecule has 0 amide bonds. The van der Waals surface area contributed by atoms with Crippen molar-refractivity contribution in [1.82, 2.24) is 9.97 Å². The fraction of sp³-hybridized carbons (Fsp3) is 0.636. The first kappa shape index (κ1) is 9.09. The minimum absolute atomic E-state index is 0.333. The Kier molecular flexibility index (Phi) is 2.09. The number of nitrogens with two attached hydrogens (primary N) is 1. The van der Waals surface area contributed by atoms with Gasteiger partial charge in [0.25, 0.3) is 0 Å². The number of anilines is 1. The summed E-state index contributed by atoms with van der Waals surface area (Å²) in [4.78, 5) is 11.1. The lowest BCUT2D eigenvalue weighted by molar-refractivity contribution is 0.509. The molecule has 4 heteroatoms. The van der Waals surface area contributed by atoms with E-state index < -0.39 is 0 Å². The third kappa shape index (κ3) is 1.49. The first-order chi connectivity index (χ1) is 7.34. The van der Waals surface area contributed by atoms with Crippen molar-refractivity contribution < 1.29 is 0 Å². The van der Waals surface area contributed by atoms with Crippen molar-refractivity contribution in [2.24, 2.45) is 5.73 Å². The van der Waals surface area contributed by atoms with Gasteiger partial charge in [-0.2, -0.15) is 0 Å². The molecular formula is C11H16N4. The van der Waals surface area contributed by atoms with Crippen LogP contribution < -0.4 is 10.6 Å². The molecule has 1 aromatic heterocycles. The van der Waals surface area contributed by atoms with Gasteiger partial charge >= 0.3 is 0 Å². The zero-order valence-corrected chi connectivity index (χ0v) is 8.82. The molecule has 15 heavy (non-hydrogen) atoms. The van der Waals surface area contributed by atoms with Gasteiger partial charge in [-0.15, -0.1) is 0 Å². The van der Waals surface area contributed by atoms with Crippen molar-refractivity contribution in [2.45, 2.75) is 31.7 Å². The van der Waals surface area contributed by atoms with E-state index in [0.29, 0.717) is 6.04 Å². The maximum Gasteiger partial charge on any atom is 0.135 e. The van der Waals surface area contributed by atoms with E-state index in [2.05, 4.69) is 14.9 Å². The maximum absolute atomic E-state index is 5.80. The lowest BCUT2D eigenvalue weighted by Crippen LogP contribution is -2.56. The van der Waals surface area contributed by atoms with Gasteiger partial charge in [0.2, 0.25) is 0 Å². The zero-order chi connectivity index (χ0) is 10.3. The summed E-state index contributed by atoms with van der Waals surface area (Å²) in [6.07, 6.45) is 6.49. The fourth-order valence-corrected chi connectivity index (χ4v) is 2.46. The van der Waals surface area contributed by atoms with E-state index in [1.165, 1.54) is 24.1 Å². The molecule has 1 aliphatic heterocycles. The maximum atomic E-state index is 5.80. The summed E-state index contributed by atoms with van der Waals surface area (Å²) in [5.74, 6) is 1.14. The third-order valence-corrected chi connectivity index (χ3v) is 3.31. The normalized spacial score (nSPS) is 21.0. The number of aromatic nitrogens is 2. The van der Waals surface area contributed by atoms with Crippen molar-refractivity contribution >= 4 is 5.82 Å². The van der Waals surface area contributed by atoms with Crippen molar-refractivity contribution in [3.63, 3.8) is 0 Å². The summed E-state index contributed by atoms with van der Waals surface area (Å²) in [6.45, 7) is 1.90. The zero-order valence-electron chi connectivity index (χ0n) is 8.82. The van der Waals surface area contributed by atoms with Crippen molar-refractivity contribution in [3.8, 4) is 0 Å². The standard InChI is InChI=1S/C11H16N4/c12-8-5-15(6-8)11-9-3-1-2-4-10(9)13-7-14-11/h7-8H,1-6,12H2. The van der Waals surface area contributed by atoms with Crippen molar-refractivity contribution in [1.29, 1.82) is 0 Å². The second kappa shape index (κ2) is 3.45. The van der Waals surface area contributed by atoms with Gasteiger partial charge in [0.15, 0.2) is 0 Å². The Morgan fingerprint density at radius 1 is 1.20 bits per heavy atom. The lowest BCUT2D eigenvalue weighted by Gasteiger charge is -2.39. The van der Waals surface area contributed by atoms with Crippen LogP contribution in [0.2, 0.25) is 0 Å². The topological polar surface area (TPSA) is 55.0 Å². The Bertz CT molecular complexity index is 371. The number of hydrogen-bond acceptors (Lipinski definition) is 4. The van der Waals surface area contributed by atoms with Crippen molar-refractivity contribution in [2.75, 3.05) is 18.0 Å².